The zero-order valence-electron chi connectivity index (χ0n) is 9.52. The van der Waals surface area contributed by atoms with Crippen LogP contribution in [0.4, 0.5) is 5.69 Å². The van der Waals surface area contributed by atoms with Crippen molar-refractivity contribution in [2.75, 3.05) is 5.32 Å². The van der Waals surface area contributed by atoms with Crippen LogP contribution in [0.3, 0.4) is 0 Å². The lowest BCUT2D eigenvalue weighted by atomic mass is 10.2. The van der Waals surface area contributed by atoms with Crippen LogP contribution < -0.4 is 5.32 Å². The molecule has 0 aliphatic rings. The molecule has 0 spiro atoms. The molecule has 2 rings (SSSR count). The van der Waals surface area contributed by atoms with Gasteiger partial charge in [-0.1, -0.05) is 23.2 Å². The Balaban J connectivity index is 2.27. The summed E-state index contributed by atoms with van der Waals surface area (Å²) in [7, 11) is 0. The highest BCUT2D eigenvalue weighted by molar-refractivity contribution is 6.34. The van der Waals surface area contributed by atoms with Gasteiger partial charge < -0.3 is 5.32 Å². The smallest absolute Gasteiger partial charge is 0.255 e. The zero-order valence-corrected chi connectivity index (χ0v) is 11.0. The number of hydrogen-bond acceptors (Lipinski definition) is 3. The third-order valence-corrected chi connectivity index (χ3v) is 2.87. The van der Waals surface area contributed by atoms with E-state index in [1.807, 2.05) is 6.07 Å². The molecule has 0 fully saturated rings. The van der Waals surface area contributed by atoms with Crippen LogP contribution in [0.1, 0.15) is 15.9 Å². The summed E-state index contributed by atoms with van der Waals surface area (Å²) in [5.74, 6) is -0.374. The summed E-state index contributed by atoms with van der Waals surface area (Å²) in [5.41, 5.74) is 1.14. The van der Waals surface area contributed by atoms with Crippen LogP contribution in [-0.2, 0) is 0 Å². The molecule has 6 heteroatoms. The Kier molecular flexibility index (Phi) is 4.00. The highest BCUT2D eigenvalue weighted by Crippen LogP contribution is 2.23. The quantitative estimate of drug-likeness (QED) is 0.861. The molecular formula is C13H7Cl2N3O. The molecule has 1 heterocycles. The highest BCUT2D eigenvalue weighted by atomic mass is 35.5. The maximum Gasteiger partial charge on any atom is 0.255 e. The Hall–Kier alpha value is -2.09. The highest BCUT2D eigenvalue weighted by Gasteiger charge is 2.09. The van der Waals surface area contributed by atoms with E-state index in [2.05, 4.69) is 10.3 Å². The summed E-state index contributed by atoms with van der Waals surface area (Å²) in [6.07, 6.45) is 1.44. The number of nitriles is 1. The monoisotopic (exact) mass is 291 g/mol. The summed E-state index contributed by atoms with van der Waals surface area (Å²) in [6, 6.07) is 9.57. The predicted octanol–water partition coefficient (Wildman–Crippen LogP) is 3.51. The van der Waals surface area contributed by atoms with E-state index in [9.17, 15) is 4.79 Å². The molecule has 0 radical (unpaired) electrons. The fourth-order valence-corrected chi connectivity index (χ4v) is 1.77. The van der Waals surface area contributed by atoms with Gasteiger partial charge in [0.25, 0.3) is 5.91 Å². The largest absolute Gasteiger partial charge is 0.321 e. The number of hydrogen-bond donors (Lipinski definition) is 1. The van der Waals surface area contributed by atoms with Gasteiger partial charge in [-0.15, -0.1) is 0 Å². The van der Waals surface area contributed by atoms with Crippen molar-refractivity contribution in [2.45, 2.75) is 0 Å². The Labute approximate surface area is 119 Å². The average molecular weight is 292 g/mol. The number of nitrogens with one attached hydrogen (secondary N) is 1. The molecule has 0 aliphatic heterocycles. The van der Waals surface area contributed by atoms with E-state index in [1.165, 1.54) is 24.4 Å². The minimum atomic E-state index is -0.374. The van der Waals surface area contributed by atoms with Crippen LogP contribution in [0.5, 0.6) is 0 Å². The Bertz CT molecular complexity index is 680. The second-order valence-electron chi connectivity index (χ2n) is 3.63. The molecule has 1 amide bonds. The maximum absolute atomic E-state index is 12.0. The average Bonchev–Trinajstić information content (AvgIpc) is 2.41. The van der Waals surface area contributed by atoms with Crippen molar-refractivity contribution in [1.82, 2.24) is 4.98 Å². The number of pyridine rings is 1. The summed E-state index contributed by atoms with van der Waals surface area (Å²) in [5, 5.41) is 12.0. The van der Waals surface area contributed by atoms with Crippen molar-refractivity contribution >= 4 is 34.8 Å². The number of rotatable bonds is 2. The number of amides is 1. The number of carbonyl (C=O) groups is 1. The van der Waals surface area contributed by atoms with Gasteiger partial charge in [0.15, 0.2) is 0 Å². The van der Waals surface area contributed by atoms with E-state index in [-0.39, 0.29) is 11.1 Å². The normalized spacial score (nSPS) is 9.74. The molecule has 4 nitrogen and oxygen atoms in total. The third-order valence-electron chi connectivity index (χ3n) is 2.33. The number of benzene rings is 1. The molecule has 1 aromatic carbocycles. The molecule has 94 valence electrons. The molecule has 0 saturated heterocycles. The second kappa shape index (κ2) is 5.70. The summed E-state index contributed by atoms with van der Waals surface area (Å²) in [4.78, 5) is 15.8. The first-order valence-corrected chi connectivity index (χ1v) is 5.98. The molecule has 19 heavy (non-hydrogen) atoms. The lowest BCUT2D eigenvalue weighted by molar-refractivity contribution is 0.102. The maximum atomic E-state index is 12.0. The number of carbonyl (C=O) groups excluding carboxylic acids is 1. The molecule has 0 atom stereocenters. The molecule has 1 aromatic heterocycles. The second-order valence-corrected chi connectivity index (χ2v) is 4.42. The van der Waals surface area contributed by atoms with E-state index < -0.39 is 0 Å². The van der Waals surface area contributed by atoms with E-state index >= 15 is 0 Å². The third kappa shape index (κ3) is 3.22. The fourth-order valence-electron chi connectivity index (χ4n) is 1.43. The molecule has 0 aliphatic carbocycles. The van der Waals surface area contributed by atoms with Crippen LogP contribution in [-0.4, -0.2) is 10.9 Å². The fraction of sp³-hybridized carbons (Fsp3) is 0. The molecular weight excluding hydrogens is 285 g/mol. The van der Waals surface area contributed by atoms with Gasteiger partial charge in [-0.25, -0.2) is 4.98 Å². The summed E-state index contributed by atoms with van der Waals surface area (Å²) in [6.45, 7) is 0. The topological polar surface area (TPSA) is 65.8 Å². The zero-order chi connectivity index (χ0) is 13.8. The minimum Gasteiger partial charge on any atom is -0.321 e. The number of aromatic nitrogens is 1. The van der Waals surface area contributed by atoms with Crippen LogP contribution in [0.15, 0.2) is 36.5 Å². The Morgan fingerprint density at radius 1 is 1.26 bits per heavy atom. The molecule has 0 saturated carbocycles. The standard InChI is InChI=1S/C13H7Cl2N3O/c14-10-2-1-8(7-16)5-11(10)18-13(19)9-3-4-17-12(15)6-9/h1-6H,(H,18,19). The van der Waals surface area contributed by atoms with Gasteiger partial charge in [0.05, 0.1) is 22.3 Å². The van der Waals surface area contributed by atoms with Gasteiger partial charge in [-0.3, -0.25) is 4.79 Å². The van der Waals surface area contributed by atoms with Crippen LogP contribution in [0, 0.1) is 11.3 Å². The predicted molar refractivity (Wildman–Crippen MR) is 73.4 cm³/mol. The number of nitrogens with zero attached hydrogens (tertiary/aromatic N) is 2. The van der Waals surface area contributed by atoms with E-state index in [4.69, 9.17) is 28.5 Å². The molecule has 0 unspecified atom stereocenters. The Morgan fingerprint density at radius 2 is 2.05 bits per heavy atom. The van der Waals surface area contributed by atoms with Crippen molar-refractivity contribution in [3.63, 3.8) is 0 Å². The van der Waals surface area contributed by atoms with Crippen molar-refractivity contribution in [1.29, 1.82) is 5.26 Å². The number of anilines is 1. The first kappa shape index (κ1) is 13.3. The first-order valence-electron chi connectivity index (χ1n) is 5.22. The van der Waals surface area contributed by atoms with E-state index in [0.717, 1.165) is 0 Å². The van der Waals surface area contributed by atoms with Gasteiger partial charge in [-0.2, -0.15) is 5.26 Å². The Morgan fingerprint density at radius 3 is 2.74 bits per heavy atom. The molecule has 0 bridgehead atoms. The van der Waals surface area contributed by atoms with Crippen LogP contribution in [0.2, 0.25) is 10.2 Å². The van der Waals surface area contributed by atoms with Gasteiger partial charge >= 0.3 is 0 Å². The van der Waals surface area contributed by atoms with Crippen molar-refractivity contribution in [2.24, 2.45) is 0 Å². The molecule has 1 N–H and O–H groups in total. The van der Waals surface area contributed by atoms with Crippen molar-refractivity contribution < 1.29 is 4.79 Å². The summed E-state index contributed by atoms with van der Waals surface area (Å²) < 4.78 is 0. The van der Waals surface area contributed by atoms with Gasteiger partial charge in [0.1, 0.15) is 5.15 Å². The van der Waals surface area contributed by atoms with E-state index in [0.29, 0.717) is 21.8 Å². The van der Waals surface area contributed by atoms with Crippen molar-refractivity contribution in [3.05, 3.63) is 57.8 Å². The SMILES string of the molecule is N#Cc1ccc(Cl)c(NC(=O)c2ccnc(Cl)c2)c1. The lowest BCUT2D eigenvalue weighted by Crippen LogP contribution is -2.12. The van der Waals surface area contributed by atoms with Gasteiger partial charge in [0.2, 0.25) is 0 Å². The van der Waals surface area contributed by atoms with Gasteiger partial charge in [-0.05, 0) is 30.3 Å². The molecule has 2 aromatic rings. The van der Waals surface area contributed by atoms with Gasteiger partial charge in [0, 0.05) is 11.8 Å². The van der Waals surface area contributed by atoms with Crippen LogP contribution in [0.25, 0.3) is 0 Å². The summed E-state index contributed by atoms with van der Waals surface area (Å²) >= 11 is 11.7. The van der Waals surface area contributed by atoms with Crippen LogP contribution >= 0.6 is 23.2 Å². The lowest BCUT2D eigenvalue weighted by Gasteiger charge is -2.07. The number of halogens is 2. The first-order chi connectivity index (χ1) is 9.10. The van der Waals surface area contributed by atoms with Crippen molar-refractivity contribution in [3.8, 4) is 6.07 Å². The van der Waals surface area contributed by atoms with E-state index in [1.54, 1.807) is 12.1 Å². The minimum absolute atomic E-state index is 0.226.